The first-order chi connectivity index (χ1) is 14.0. The molecule has 0 heterocycles. The van der Waals surface area contributed by atoms with Crippen LogP contribution in [0.5, 0.6) is 5.75 Å². The standard InChI is InChI=1S/C27H40O3/c1-7-8-9-10-13-26(3,4)20-14-19-17-27(5,6)23-12-11-21(29)16-22(23)25(19)24(15-20)30-18(2)28/h14-15,22-23H,7-13,16-17H2,1-6H3/t22-,23?/m1/s1. The summed E-state index contributed by atoms with van der Waals surface area (Å²) in [6.07, 6.45) is 9.31. The maximum atomic E-state index is 12.4. The molecule has 0 saturated heterocycles. The normalized spacial score (nSPS) is 22.9. The van der Waals surface area contributed by atoms with Crippen LogP contribution in [0.4, 0.5) is 0 Å². The fraction of sp³-hybridized carbons (Fsp3) is 0.704. The summed E-state index contributed by atoms with van der Waals surface area (Å²) in [5, 5.41) is 0. The number of benzene rings is 1. The number of carbonyl (C=O) groups excluding carboxylic acids is 2. The van der Waals surface area contributed by atoms with Gasteiger partial charge in [-0.05, 0) is 59.1 Å². The van der Waals surface area contributed by atoms with Gasteiger partial charge in [0, 0.05) is 25.3 Å². The van der Waals surface area contributed by atoms with Crippen LogP contribution in [-0.4, -0.2) is 11.8 Å². The zero-order valence-electron chi connectivity index (χ0n) is 19.9. The van der Waals surface area contributed by atoms with E-state index < -0.39 is 0 Å². The van der Waals surface area contributed by atoms with Gasteiger partial charge in [-0.3, -0.25) is 9.59 Å². The molecular weight excluding hydrogens is 372 g/mol. The summed E-state index contributed by atoms with van der Waals surface area (Å²) in [5.74, 6) is 1.40. The van der Waals surface area contributed by atoms with E-state index in [1.54, 1.807) is 0 Å². The number of carbonyl (C=O) groups is 2. The van der Waals surface area contributed by atoms with Crippen molar-refractivity contribution in [2.45, 2.75) is 111 Å². The minimum absolute atomic E-state index is 0.0288. The van der Waals surface area contributed by atoms with Gasteiger partial charge in [-0.1, -0.05) is 66.4 Å². The molecule has 0 bridgehead atoms. The van der Waals surface area contributed by atoms with E-state index >= 15 is 0 Å². The van der Waals surface area contributed by atoms with E-state index in [2.05, 4.69) is 46.8 Å². The third-order valence-corrected chi connectivity index (χ3v) is 7.61. The number of ketones is 1. The molecule has 1 aromatic carbocycles. The molecule has 0 aromatic heterocycles. The van der Waals surface area contributed by atoms with Crippen LogP contribution in [-0.2, 0) is 21.4 Å². The number of Topliss-reactive ketones (excluding diaryl/α,β-unsaturated/α-hetero) is 1. The molecule has 30 heavy (non-hydrogen) atoms. The van der Waals surface area contributed by atoms with Crippen molar-refractivity contribution in [3.05, 3.63) is 28.8 Å². The second-order valence-electron chi connectivity index (χ2n) is 11.0. The summed E-state index contributed by atoms with van der Waals surface area (Å²) in [6, 6.07) is 4.47. The quantitative estimate of drug-likeness (QED) is 0.278. The Bertz CT molecular complexity index is 803. The molecule has 1 saturated carbocycles. The number of hydrogen-bond donors (Lipinski definition) is 0. The smallest absolute Gasteiger partial charge is 0.308 e. The largest absolute Gasteiger partial charge is 0.426 e. The molecule has 0 radical (unpaired) electrons. The number of hydrogen-bond acceptors (Lipinski definition) is 3. The van der Waals surface area contributed by atoms with Crippen molar-refractivity contribution >= 4 is 11.8 Å². The Morgan fingerprint density at radius 3 is 2.60 bits per heavy atom. The predicted molar refractivity (Wildman–Crippen MR) is 122 cm³/mol. The minimum Gasteiger partial charge on any atom is -0.426 e. The molecule has 0 aliphatic heterocycles. The monoisotopic (exact) mass is 412 g/mol. The second-order valence-corrected chi connectivity index (χ2v) is 11.0. The second kappa shape index (κ2) is 8.85. The van der Waals surface area contributed by atoms with Crippen molar-refractivity contribution in [3.8, 4) is 5.75 Å². The number of rotatable bonds is 7. The van der Waals surface area contributed by atoms with Crippen molar-refractivity contribution in [1.29, 1.82) is 0 Å². The van der Waals surface area contributed by atoms with Crippen molar-refractivity contribution < 1.29 is 14.3 Å². The van der Waals surface area contributed by atoms with Crippen LogP contribution < -0.4 is 4.74 Å². The van der Waals surface area contributed by atoms with Crippen LogP contribution in [0.25, 0.3) is 0 Å². The Morgan fingerprint density at radius 1 is 1.20 bits per heavy atom. The summed E-state index contributed by atoms with van der Waals surface area (Å²) in [5.41, 5.74) is 3.85. The lowest BCUT2D eigenvalue weighted by Gasteiger charge is -2.48. The summed E-state index contributed by atoms with van der Waals surface area (Å²) >= 11 is 0. The van der Waals surface area contributed by atoms with E-state index in [0.29, 0.717) is 30.3 Å². The molecule has 3 rings (SSSR count). The number of esters is 1. The Balaban J connectivity index is 2.04. The first-order valence-corrected chi connectivity index (χ1v) is 11.9. The van der Waals surface area contributed by atoms with E-state index in [0.717, 1.165) is 24.8 Å². The molecule has 3 nitrogen and oxygen atoms in total. The summed E-state index contributed by atoms with van der Waals surface area (Å²) < 4.78 is 5.79. The third kappa shape index (κ3) is 4.81. The molecule has 1 aromatic rings. The highest BCUT2D eigenvalue weighted by Crippen LogP contribution is 2.55. The average molecular weight is 413 g/mol. The van der Waals surface area contributed by atoms with Crippen LogP contribution in [0.3, 0.4) is 0 Å². The van der Waals surface area contributed by atoms with Gasteiger partial charge in [-0.15, -0.1) is 0 Å². The molecular formula is C27H40O3. The Morgan fingerprint density at radius 2 is 1.93 bits per heavy atom. The van der Waals surface area contributed by atoms with Crippen LogP contribution in [0.2, 0.25) is 0 Å². The van der Waals surface area contributed by atoms with Gasteiger partial charge in [0.05, 0.1) is 0 Å². The van der Waals surface area contributed by atoms with Gasteiger partial charge in [0.15, 0.2) is 0 Å². The van der Waals surface area contributed by atoms with Crippen molar-refractivity contribution in [3.63, 3.8) is 0 Å². The topological polar surface area (TPSA) is 43.4 Å². The zero-order valence-corrected chi connectivity index (χ0v) is 19.9. The molecule has 2 aliphatic rings. The van der Waals surface area contributed by atoms with Gasteiger partial charge >= 0.3 is 5.97 Å². The highest BCUT2D eigenvalue weighted by Gasteiger charge is 2.46. The number of unbranched alkanes of at least 4 members (excludes halogenated alkanes) is 3. The van der Waals surface area contributed by atoms with E-state index in [1.165, 1.54) is 43.7 Å². The maximum Gasteiger partial charge on any atom is 0.308 e. The van der Waals surface area contributed by atoms with Gasteiger partial charge in [0.25, 0.3) is 0 Å². The Labute approximate surface area is 183 Å². The van der Waals surface area contributed by atoms with E-state index in [-0.39, 0.29) is 22.7 Å². The first-order valence-electron chi connectivity index (χ1n) is 11.9. The SMILES string of the molecule is CCCCCCC(C)(C)c1cc2c(c(OC(C)=O)c1)[C@@H]1CC(=O)CCC1C(C)(C)C2. The maximum absolute atomic E-state index is 12.4. The van der Waals surface area contributed by atoms with E-state index in [1.807, 2.05) is 0 Å². The molecule has 2 aliphatic carbocycles. The molecule has 0 amide bonds. The highest BCUT2D eigenvalue weighted by atomic mass is 16.5. The van der Waals surface area contributed by atoms with Crippen LogP contribution in [0.1, 0.15) is 116 Å². The average Bonchev–Trinajstić information content (AvgIpc) is 2.63. The lowest BCUT2D eigenvalue weighted by molar-refractivity contribution is -0.132. The third-order valence-electron chi connectivity index (χ3n) is 7.61. The molecule has 1 fully saturated rings. The van der Waals surface area contributed by atoms with Gasteiger partial charge < -0.3 is 4.74 Å². The van der Waals surface area contributed by atoms with Crippen molar-refractivity contribution in [1.82, 2.24) is 0 Å². The first kappa shape index (κ1) is 23.0. The number of ether oxygens (including phenoxy) is 1. The molecule has 1 unspecified atom stereocenters. The van der Waals surface area contributed by atoms with Crippen molar-refractivity contribution in [2.24, 2.45) is 11.3 Å². The molecule has 2 atom stereocenters. The van der Waals surface area contributed by atoms with Gasteiger partial charge in [-0.2, -0.15) is 0 Å². The Kier molecular flexibility index (Phi) is 6.79. The van der Waals surface area contributed by atoms with Gasteiger partial charge in [0.2, 0.25) is 0 Å². The lowest BCUT2D eigenvalue weighted by Crippen LogP contribution is -2.40. The van der Waals surface area contributed by atoms with Crippen molar-refractivity contribution in [2.75, 3.05) is 0 Å². The van der Waals surface area contributed by atoms with E-state index in [9.17, 15) is 9.59 Å². The number of fused-ring (bicyclic) bond motifs is 3. The van der Waals surface area contributed by atoms with Crippen LogP contribution in [0, 0.1) is 11.3 Å². The predicted octanol–water partition coefficient (Wildman–Crippen LogP) is 6.90. The summed E-state index contributed by atoms with van der Waals surface area (Å²) in [7, 11) is 0. The fourth-order valence-corrected chi connectivity index (χ4v) is 5.89. The van der Waals surface area contributed by atoms with Gasteiger partial charge in [-0.25, -0.2) is 0 Å². The van der Waals surface area contributed by atoms with Crippen LogP contribution in [0.15, 0.2) is 12.1 Å². The molecule has 0 N–H and O–H groups in total. The molecule has 3 heteroatoms. The zero-order chi connectivity index (χ0) is 22.1. The van der Waals surface area contributed by atoms with E-state index in [4.69, 9.17) is 4.74 Å². The summed E-state index contributed by atoms with van der Waals surface area (Å²) in [6.45, 7) is 13.0. The molecule has 0 spiro atoms. The fourth-order valence-electron chi connectivity index (χ4n) is 5.89. The highest BCUT2D eigenvalue weighted by molar-refractivity contribution is 5.81. The summed E-state index contributed by atoms with van der Waals surface area (Å²) in [4.78, 5) is 24.3. The van der Waals surface area contributed by atoms with Crippen LogP contribution >= 0.6 is 0 Å². The molecule has 166 valence electrons. The lowest BCUT2D eigenvalue weighted by atomic mass is 9.56. The minimum atomic E-state index is -0.279. The van der Waals surface area contributed by atoms with Gasteiger partial charge in [0.1, 0.15) is 11.5 Å². The Hall–Kier alpha value is -1.64.